The van der Waals surface area contributed by atoms with Gasteiger partial charge in [-0.2, -0.15) is 0 Å². The molecular formula is C12H15N2O+. The van der Waals surface area contributed by atoms with Crippen LogP contribution in [0.1, 0.15) is 11.1 Å². The molecule has 1 aromatic carbocycles. The highest BCUT2D eigenvalue weighted by Crippen LogP contribution is 2.01. The Labute approximate surface area is 90.0 Å². The van der Waals surface area contributed by atoms with Crippen molar-refractivity contribution in [1.29, 1.82) is 0 Å². The van der Waals surface area contributed by atoms with Crippen LogP contribution in [-0.4, -0.2) is 32.1 Å². The van der Waals surface area contributed by atoms with E-state index in [-0.39, 0.29) is 0 Å². The van der Waals surface area contributed by atoms with Crippen LogP contribution in [0.15, 0.2) is 29.4 Å². The van der Waals surface area contributed by atoms with E-state index in [1.165, 1.54) is 11.1 Å². The molecule has 1 aromatic rings. The van der Waals surface area contributed by atoms with Crippen molar-refractivity contribution in [3.8, 4) is 11.8 Å². The van der Waals surface area contributed by atoms with Gasteiger partial charge in [-0.1, -0.05) is 23.2 Å². The van der Waals surface area contributed by atoms with Gasteiger partial charge in [0.1, 0.15) is 6.54 Å². The Morgan fingerprint density at radius 1 is 1.47 bits per heavy atom. The summed E-state index contributed by atoms with van der Waals surface area (Å²) >= 11 is 0. The smallest absolute Gasteiger partial charge is 0.139 e. The van der Waals surface area contributed by atoms with E-state index in [1.54, 1.807) is 0 Å². The first-order valence-corrected chi connectivity index (χ1v) is 4.78. The Kier molecular flexibility index (Phi) is 4.39. The second kappa shape index (κ2) is 5.84. The van der Waals surface area contributed by atoms with Gasteiger partial charge in [0.05, 0.1) is 20.3 Å². The molecule has 2 N–H and O–H groups in total. The summed E-state index contributed by atoms with van der Waals surface area (Å²) < 4.78 is 0. The molecule has 1 rings (SSSR count). The molecular weight excluding hydrogens is 188 g/mol. The highest BCUT2D eigenvalue weighted by atomic mass is 16.4. The standard InChI is InChI=1S/C12H14N2O/c1-14(2)8-4-7-11-5-3-6-12(9-11)10-13-15/h3,5-6,9-10,15H,8H2,1-2H3/p+1/b13-10-. The number of hydrogen-bond acceptors (Lipinski definition) is 2. The van der Waals surface area contributed by atoms with Crippen LogP contribution in [-0.2, 0) is 0 Å². The SMILES string of the molecule is C[NH+](C)CC#Cc1cccc(/C=N\O)c1. The van der Waals surface area contributed by atoms with Crippen molar-refractivity contribution < 1.29 is 10.1 Å². The van der Waals surface area contributed by atoms with E-state index in [2.05, 4.69) is 31.1 Å². The fourth-order valence-electron chi connectivity index (χ4n) is 1.09. The van der Waals surface area contributed by atoms with Gasteiger partial charge in [0.2, 0.25) is 0 Å². The normalized spacial score (nSPS) is 10.3. The van der Waals surface area contributed by atoms with E-state index in [0.717, 1.165) is 17.7 Å². The molecule has 0 atom stereocenters. The molecule has 0 aliphatic heterocycles. The first kappa shape index (κ1) is 11.3. The fraction of sp³-hybridized carbons (Fsp3) is 0.250. The molecule has 0 aliphatic carbocycles. The zero-order valence-corrected chi connectivity index (χ0v) is 8.99. The molecule has 3 heteroatoms. The Morgan fingerprint density at radius 3 is 2.93 bits per heavy atom. The lowest BCUT2D eigenvalue weighted by Crippen LogP contribution is -3.05. The van der Waals surface area contributed by atoms with Gasteiger partial charge < -0.3 is 10.1 Å². The van der Waals surface area contributed by atoms with E-state index >= 15 is 0 Å². The summed E-state index contributed by atoms with van der Waals surface area (Å²) in [4.78, 5) is 1.30. The molecule has 15 heavy (non-hydrogen) atoms. The molecule has 0 aromatic heterocycles. The molecule has 0 fully saturated rings. The van der Waals surface area contributed by atoms with Crippen molar-refractivity contribution in [3.05, 3.63) is 35.4 Å². The maximum atomic E-state index is 8.39. The number of quaternary nitrogens is 1. The van der Waals surface area contributed by atoms with Crippen LogP contribution >= 0.6 is 0 Å². The molecule has 0 aliphatic rings. The van der Waals surface area contributed by atoms with Gasteiger partial charge >= 0.3 is 0 Å². The predicted molar refractivity (Wildman–Crippen MR) is 60.4 cm³/mol. The van der Waals surface area contributed by atoms with Crippen LogP contribution in [0, 0.1) is 11.8 Å². The molecule has 0 bridgehead atoms. The van der Waals surface area contributed by atoms with Crippen LogP contribution < -0.4 is 4.90 Å². The number of benzene rings is 1. The van der Waals surface area contributed by atoms with Crippen LogP contribution in [0.25, 0.3) is 0 Å². The second-order valence-electron chi connectivity index (χ2n) is 3.56. The van der Waals surface area contributed by atoms with Gasteiger partial charge in [-0.15, -0.1) is 0 Å². The molecule has 78 valence electrons. The van der Waals surface area contributed by atoms with Crippen molar-refractivity contribution in [1.82, 2.24) is 0 Å². The van der Waals surface area contributed by atoms with E-state index in [4.69, 9.17) is 5.21 Å². The molecule has 3 nitrogen and oxygen atoms in total. The predicted octanol–water partition coefficient (Wildman–Crippen LogP) is -0.00930. The fourth-order valence-corrected chi connectivity index (χ4v) is 1.09. The minimum atomic E-state index is 0.818. The topological polar surface area (TPSA) is 37.0 Å². The zero-order valence-electron chi connectivity index (χ0n) is 8.99. The third-order valence-electron chi connectivity index (χ3n) is 1.77. The summed E-state index contributed by atoms with van der Waals surface area (Å²) in [5.74, 6) is 6.14. The quantitative estimate of drug-likeness (QED) is 0.302. The first-order chi connectivity index (χ1) is 7.22. The number of oxime groups is 1. The maximum absolute atomic E-state index is 8.39. The van der Waals surface area contributed by atoms with Gasteiger partial charge in [-0.25, -0.2) is 0 Å². The van der Waals surface area contributed by atoms with Crippen molar-refractivity contribution in [3.63, 3.8) is 0 Å². The molecule has 0 radical (unpaired) electrons. The third-order valence-corrected chi connectivity index (χ3v) is 1.77. The zero-order chi connectivity index (χ0) is 11.1. The maximum Gasteiger partial charge on any atom is 0.139 e. The molecule has 0 saturated heterocycles. The Morgan fingerprint density at radius 2 is 2.27 bits per heavy atom. The van der Waals surface area contributed by atoms with Crippen LogP contribution in [0.3, 0.4) is 0 Å². The summed E-state index contributed by atoms with van der Waals surface area (Å²) in [5.41, 5.74) is 1.79. The van der Waals surface area contributed by atoms with Crippen molar-refractivity contribution >= 4 is 6.21 Å². The lowest BCUT2D eigenvalue weighted by atomic mass is 10.1. The Bertz CT molecular complexity index is 400. The largest absolute Gasteiger partial charge is 0.411 e. The molecule has 0 amide bonds. The third kappa shape index (κ3) is 4.30. The number of nitrogens with one attached hydrogen (secondary N) is 1. The molecule has 0 spiro atoms. The minimum Gasteiger partial charge on any atom is -0.411 e. The lowest BCUT2D eigenvalue weighted by molar-refractivity contribution is -0.850. The summed E-state index contributed by atoms with van der Waals surface area (Å²) in [7, 11) is 4.12. The summed E-state index contributed by atoms with van der Waals surface area (Å²) in [5, 5.41) is 11.4. The van der Waals surface area contributed by atoms with Crippen molar-refractivity contribution in [2.24, 2.45) is 5.16 Å². The molecule has 0 heterocycles. The second-order valence-corrected chi connectivity index (χ2v) is 3.56. The van der Waals surface area contributed by atoms with E-state index in [1.807, 2.05) is 24.3 Å². The Balaban J connectivity index is 2.76. The lowest BCUT2D eigenvalue weighted by Gasteiger charge is -1.98. The molecule has 0 saturated carbocycles. The van der Waals surface area contributed by atoms with E-state index in [0.29, 0.717) is 0 Å². The highest BCUT2D eigenvalue weighted by molar-refractivity contribution is 5.79. The summed E-state index contributed by atoms with van der Waals surface area (Å²) in [6.07, 6.45) is 1.39. The first-order valence-electron chi connectivity index (χ1n) is 4.78. The highest BCUT2D eigenvalue weighted by Gasteiger charge is 1.90. The Hall–Kier alpha value is -1.79. The van der Waals surface area contributed by atoms with Gasteiger partial charge in [0, 0.05) is 5.56 Å². The van der Waals surface area contributed by atoms with Crippen molar-refractivity contribution in [2.45, 2.75) is 0 Å². The summed E-state index contributed by atoms with van der Waals surface area (Å²) in [6.45, 7) is 0.818. The average molecular weight is 203 g/mol. The van der Waals surface area contributed by atoms with Crippen molar-refractivity contribution in [2.75, 3.05) is 20.6 Å². The van der Waals surface area contributed by atoms with Crippen LogP contribution in [0.4, 0.5) is 0 Å². The number of hydrogen-bond donors (Lipinski definition) is 2. The van der Waals surface area contributed by atoms with E-state index < -0.39 is 0 Å². The monoisotopic (exact) mass is 203 g/mol. The van der Waals surface area contributed by atoms with Gasteiger partial charge in [-0.3, -0.25) is 0 Å². The summed E-state index contributed by atoms with van der Waals surface area (Å²) in [6, 6.07) is 7.58. The number of nitrogens with zero attached hydrogens (tertiary/aromatic N) is 1. The number of rotatable bonds is 2. The minimum absolute atomic E-state index is 0.818. The van der Waals surface area contributed by atoms with E-state index in [9.17, 15) is 0 Å². The molecule has 0 unspecified atom stereocenters. The van der Waals surface area contributed by atoms with Gasteiger partial charge in [0.15, 0.2) is 0 Å². The van der Waals surface area contributed by atoms with Gasteiger partial charge in [-0.05, 0) is 23.6 Å². The average Bonchev–Trinajstić information content (AvgIpc) is 2.18. The van der Waals surface area contributed by atoms with Crippen LogP contribution in [0.2, 0.25) is 0 Å². The van der Waals surface area contributed by atoms with Gasteiger partial charge in [0.25, 0.3) is 0 Å². The van der Waals surface area contributed by atoms with Crippen LogP contribution in [0.5, 0.6) is 0 Å².